The summed E-state index contributed by atoms with van der Waals surface area (Å²) in [6, 6.07) is 0. The van der Waals surface area contributed by atoms with E-state index in [1.54, 1.807) is 0 Å². The summed E-state index contributed by atoms with van der Waals surface area (Å²) in [7, 11) is 2.45. The summed E-state index contributed by atoms with van der Waals surface area (Å²) in [5.74, 6) is 0. The first kappa shape index (κ1) is 14.0. The molecule has 0 aromatic carbocycles. The van der Waals surface area contributed by atoms with Gasteiger partial charge in [0, 0.05) is 12.8 Å². The van der Waals surface area contributed by atoms with E-state index in [1.807, 2.05) is 0 Å². The van der Waals surface area contributed by atoms with Crippen molar-refractivity contribution < 1.29 is 4.48 Å². The molecule has 1 aliphatic heterocycles. The number of unbranched alkanes of at least 4 members (excludes halogenated alkanes) is 7. The van der Waals surface area contributed by atoms with Crippen LogP contribution in [0.2, 0.25) is 0 Å². The van der Waals surface area contributed by atoms with Gasteiger partial charge in [-0.25, -0.2) is 0 Å². The first-order chi connectivity index (χ1) is 7.77. The van der Waals surface area contributed by atoms with Crippen molar-refractivity contribution in [3.05, 3.63) is 6.92 Å². The second-order valence-corrected chi connectivity index (χ2v) is 5.83. The van der Waals surface area contributed by atoms with E-state index in [-0.39, 0.29) is 0 Å². The summed E-state index contributed by atoms with van der Waals surface area (Å²) in [6.45, 7) is 8.18. The predicted octanol–water partition coefficient (Wildman–Crippen LogP) is 4.18. The van der Waals surface area contributed by atoms with Gasteiger partial charge in [-0.3, -0.25) is 0 Å². The highest BCUT2D eigenvalue weighted by atomic mass is 15.3. The molecule has 16 heavy (non-hydrogen) atoms. The second-order valence-electron chi connectivity index (χ2n) is 5.83. The van der Waals surface area contributed by atoms with Crippen LogP contribution in [-0.4, -0.2) is 31.2 Å². The Balaban J connectivity index is 1.84. The standard InChI is InChI=1S/C15H31N/c1-3-4-5-6-7-8-9-10-13-16(2)14-11-12-15-16/h1,3-15H2,2H3/q+1. The Labute approximate surface area is 103 Å². The summed E-state index contributed by atoms with van der Waals surface area (Å²) >= 11 is 0. The lowest BCUT2D eigenvalue weighted by molar-refractivity contribution is -0.897. The molecule has 1 fully saturated rings. The monoisotopic (exact) mass is 225 g/mol. The van der Waals surface area contributed by atoms with Crippen molar-refractivity contribution in [2.75, 3.05) is 26.7 Å². The van der Waals surface area contributed by atoms with Crippen molar-refractivity contribution in [3.8, 4) is 0 Å². The third-order valence-corrected chi connectivity index (χ3v) is 4.09. The topological polar surface area (TPSA) is 0 Å². The first-order valence-electron chi connectivity index (χ1n) is 7.40. The van der Waals surface area contributed by atoms with Gasteiger partial charge in [-0.15, -0.1) is 0 Å². The summed E-state index contributed by atoms with van der Waals surface area (Å²) in [4.78, 5) is 0. The largest absolute Gasteiger partial charge is 0.326 e. The molecule has 0 bridgehead atoms. The Morgan fingerprint density at radius 2 is 1.31 bits per heavy atom. The van der Waals surface area contributed by atoms with E-state index >= 15 is 0 Å². The van der Waals surface area contributed by atoms with E-state index in [4.69, 9.17) is 0 Å². The van der Waals surface area contributed by atoms with Crippen LogP contribution in [0.4, 0.5) is 0 Å². The molecular weight excluding hydrogens is 194 g/mol. The van der Waals surface area contributed by atoms with Crippen molar-refractivity contribution in [2.45, 2.75) is 64.2 Å². The van der Waals surface area contributed by atoms with Crippen LogP contribution in [0.1, 0.15) is 64.2 Å². The van der Waals surface area contributed by atoms with Crippen LogP contribution in [0.5, 0.6) is 0 Å². The van der Waals surface area contributed by atoms with Gasteiger partial charge in [0.2, 0.25) is 0 Å². The van der Waals surface area contributed by atoms with Gasteiger partial charge in [0.25, 0.3) is 0 Å². The lowest BCUT2D eigenvalue weighted by atomic mass is 10.1. The minimum atomic E-state index is 1.12. The van der Waals surface area contributed by atoms with Crippen LogP contribution in [0, 0.1) is 6.92 Å². The molecule has 1 aliphatic rings. The molecule has 1 saturated heterocycles. The normalized spacial score (nSPS) is 19.1. The maximum Gasteiger partial charge on any atom is 0.0786 e. The van der Waals surface area contributed by atoms with Crippen LogP contribution >= 0.6 is 0 Å². The van der Waals surface area contributed by atoms with Crippen LogP contribution in [0.3, 0.4) is 0 Å². The van der Waals surface area contributed by atoms with E-state index in [9.17, 15) is 0 Å². The molecule has 0 aliphatic carbocycles. The van der Waals surface area contributed by atoms with E-state index in [0.717, 1.165) is 6.42 Å². The van der Waals surface area contributed by atoms with Crippen molar-refractivity contribution in [3.63, 3.8) is 0 Å². The van der Waals surface area contributed by atoms with Gasteiger partial charge in [0.15, 0.2) is 0 Å². The lowest BCUT2D eigenvalue weighted by Crippen LogP contribution is -2.41. The molecule has 95 valence electrons. The van der Waals surface area contributed by atoms with Gasteiger partial charge < -0.3 is 4.48 Å². The molecule has 0 amide bonds. The van der Waals surface area contributed by atoms with Gasteiger partial charge in [-0.2, -0.15) is 0 Å². The quantitative estimate of drug-likeness (QED) is 0.408. The van der Waals surface area contributed by atoms with Gasteiger partial charge in [0.05, 0.1) is 26.7 Å². The zero-order chi connectivity index (χ0) is 11.7. The zero-order valence-corrected chi connectivity index (χ0v) is 11.3. The second kappa shape index (κ2) is 8.11. The minimum Gasteiger partial charge on any atom is -0.326 e. The molecule has 0 N–H and O–H groups in total. The van der Waals surface area contributed by atoms with E-state index < -0.39 is 0 Å². The van der Waals surface area contributed by atoms with Crippen LogP contribution < -0.4 is 0 Å². The van der Waals surface area contributed by atoms with Crippen molar-refractivity contribution in [1.29, 1.82) is 0 Å². The molecule has 0 aromatic rings. The maximum absolute atomic E-state index is 3.88. The highest BCUT2D eigenvalue weighted by molar-refractivity contribution is 4.53. The van der Waals surface area contributed by atoms with Crippen molar-refractivity contribution in [1.82, 2.24) is 0 Å². The molecule has 1 heterocycles. The van der Waals surface area contributed by atoms with Crippen molar-refractivity contribution >= 4 is 0 Å². The molecule has 1 rings (SSSR count). The highest BCUT2D eigenvalue weighted by Crippen LogP contribution is 2.18. The predicted molar refractivity (Wildman–Crippen MR) is 72.3 cm³/mol. The van der Waals surface area contributed by atoms with Gasteiger partial charge in [-0.05, 0) is 12.8 Å². The Kier molecular flexibility index (Phi) is 7.11. The highest BCUT2D eigenvalue weighted by Gasteiger charge is 2.25. The molecule has 1 heteroatoms. The fourth-order valence-electron chi connectivity index (χ4n) is 2.88. The first-order valence-corrected chi connectivity index (χ1v) is 7.40. The average molecular weight is 225 g/mol. The fourth-order valence-corrected chi connectivity index (χ4v) is 2.88. The van der Waals surface area contributed by atoms with E-state index in [0.29, 0.717) is 0 Å². The van der Waals surface area contributed by atoms with Crippen LogP contribution in [-0.2, 0) is 0 Å². The number of rotatable bonds is 9. The van der Waals surface area contributed by atoms with Crippen molar-refractivity contribution in [2.24, 2.45) is 0 Å². The number of hydrogen-bond acceptors (Lipinski definition) is 0. The third-order valence-electron chi connectivity index (χ3n) is 4.09. The smallest absolute Gasteiger partial charge is 0.0786 e. The molecular formula is C15H31N+. The molecule has 1 nitrogen and oxygen atoms in total. The molecule has 0 aromatic heterocycles. The fraction of sp³-hybridized carbons (Fsp3) is 0.933. The van der Waals surface area contributed by atoms with E-state index in [2.05, 4.69) is 14.0 Å². The Morgan fingerprint density at radius 1 is 0.812 bits per heavy atom. The summed E-state index contributed by atoms with van der Waals surface area (Å²) in [5, 5.41) is 0. The number of quaternary nitrogens is 1. The van der Waals surface area contributed by atoms with Crippen LogP contribution in [0.15, 0.2) is 0 Å². The number of likely N-dealkylation sites (tertiary alicyclic amines) is 1. The lowest BCUT2D eigenvalue weighted by Gasteiger charge is -2.29. The van der Waals surface area contributed by atoms with Gasteiger partial charge in [0.1, 0.15) is 0 Å². The summed E-state index contributed by atoms with van der Waals surface area (Å²) in [6.07, 6.45) is 14.0. The Bertz CT molecular complexity index is 159. The summed E-state index contributed by atoms with van der Waals surface area (Å²) < 4.78 is 1.36. The maximum atomic E-state index is 3.88. The van der Waals surface area contributed by atoms with Crippen LogP contribution in [0.25, 0.3) is 0 Å². The zero-order valence-electron chi connectivity index (χ0n) is 11.3. The molecule has 0 unspecified atom stereocenters. The molecule has 0 atom stereocenters. The van der Waals surface area contributed by atoms with E-state index in [1.165, 1.54) is 81.9 Å². The number of hydrogen-bond donors (Lipinski definition) is 0. The SMILES string of the molecule is [CH2]CCCCCCCCC[N+]1(C)CCCC1. The number of nitrogens with zero attached hydrogens (tertiary/aromatic N) is 1. The minimum absolute atomic E-state index is 1.12. The van der Waals surface area contributed by atoms with Gasteiger partial charge in [-0.1, -0.05) is 45.4 Å². The summed E-state index contributed by atoms with van der Waals surface area (Å²) in [5.41, 5.74) is 0. The average Bonchev–Trinajstić information content (AvgIpc) is 2.70. The Hall–Kier alpha value is -0.0400. The molecule has 0 saturated carbocycles. The third kappa shape index (κ3) is 5.89. The Morgan fingerprint density at radius 3 is 1.88 bits per heavy atom. The van der Waals surface area contributed by atoms with Gasteiger partial charge >= 0.3 is 0 Å². The molecule has 0 spiro atoms. The molecule has 1 radical (unpaired) electrons.